The molecule has 1 aliphatic heterocycles. The quantitative estimate of drug-likeness (QED) is 0.771. The van der Waals surface area contributed by atoms with Gasteiger partial charge in [-0.15, -0.1) is 12.4 Å². The van der Waals surface area contributed by atoms with Crippen LogP contribution >= 0.6 is 12.4 Å². The minimum atomic E-state index is 0. The zero-order valence-electron chi connectivity index (χ0n) is 15.2. The maximum absolute atomic E-state index is 12.9. The van der Waals surface area contributed by atoms with E-state index in [0.29, 0.717) is 17.2 Å². The molecule has 1 amide bonds. The number of nitrogens with one attached hydrogen (secondary N) is 2. The standard InChI is InChI=1S/C18H29N3O2.ClH/c1-5-6-15-16(13(3)22)12(2)20-17(15)18(23)21-9-7-14(8-10-21)11-19-4;/h14,19-20H,5-11H2,1-4H3;1H. The molecule has 2 rings (SSSR count). The Kier molecular flexibility index (Phi) is 7.97. The Morgan fingerprint density at radius 2 is 1.92 bits per heavy atom. The molecule has 2 N–H and O–H groups in total. The highest BCUT2D eigenvalue weighted by Gasteiger charge is 2.28. The Bertz CT molecular complexity index is 575. The van der Waals surface area contributed by atoms with Crippen LogP contribution in [0.2, 0.25) is 0 Å². The Hall–Kier alpha value is -1.33. The topological polar surface area (TPSA) is 65.2 Å². The number of rotatable bonds is 6. The summed E-state index contributed by atoms with van der Waals surface area (Å²) in [5.41, 5.74) is 3.05. The van der Waals surface area contributed by atoms with Crippen LogP contribution in [-0.4, -0.2) is 48.3 Å². The van der Waals surface area contributed by atoms with Gasteiger partial charge in [0.2, 0.25) is 0 Å². The monoisotopic (exact) mass is 355 g/mol. The van der Waals surface area contributed by atoms with Crippen molar-refractivity contribution in [3.8, 4) is 0 Å². The van der Waals surface area contributed by atoms with Gasteiger partial charge in [0.1, 0.15) is 5.69 Å². The maximum Gasteiger partial charge on any atom is 0.270 e. The summed E-state index contributed by atoms with van der Waals surface area (Å²) in [5.74, 6) is 0.734. The van der Waals surface area contributed by atoms with Gasteiger partial charge in [0.25, 0.3) is 5.91 Å². The lowest BCUT2D eigenvalue weighted by molar-refractivity contribution is 0.0684. The van der Waals surface area contributed by atoms with E-state index in [1.165, 1.54) is 0 Å². The summed E-state index contributed by atoms with van der Waals surface area (Å²) in [6.07, 6.45) is 3.75. The van der Waals surface area contributed by atoms with Crippen LogP contribution in [0.25, 0.3) is 0 Å². The van der Waals surface area contributed by atoms with E-state index in [2.05, 4.69) is 17.2 Å². The molecule has 2 heterocycles. The minimum Gasteiger partial charge on any atom is -0.354 e. The van der Waals surface area contributed by atoms with Crippen molar-refractivity contribution >= 4 is 24.1 Å². The van der Waals surface area contributed by atoms with E-state index in [1.807, 2.05) is 18.9 Å². The van der Waals surface area contributed by atoms with Gasteiger partial charge in [0, 0.05) is 24.3 Å². The summed E-state index contributed by atoms with van der Waals surface area (Å²) < 4.78 is 0. The Balaban J connectivity index is 0.00000288. The van der Waals surface area contributed by atoms with Gasteiger partial charge in [-0.1, -0.05) is 13.3 Å². The van der Waals surface area contributed by atoms with E-state index in [-0.39, 0.29) is 24.1 Å². The molecule has 0 atom stereocenters. The lowest BCUT2D eigenvalue weighted by atomic mass is 9.96. The molecule has 0 aliphatic carbocycles. The largest absolute Gasteiger partial charge is 0.354 e. The highest BCUT2D eigenvalue weighted by molar-refractivity contribution is 6.02. The van der Waals surface area contributed by atoms with E-state index >= 15 is 0 Å². The average Bonchev–Trinajstić information content (AvgIpc) is 2.85. The maximum atomic E-state index is 12.9. The van der Waals surface area contributed by atoms with Gasteiger partial charge in [0.05, 0.1) is 0 Å². The second-order valence-corrected chi connectivity index (χ2v) is 6.58. The summed E-state index contributed by atoms with van der Waals surface area (Å²) in [6.45, 7) is 8.13. The third-order valence-corrected chi connectivity index (χ3v) is 4.75. The van der Waals surface area contributed by atoms with Crippen molar-refractivity contribution in [2.75, 3.05) is 26.7 Å². The number of nitrogens with zero attached hydrogens (tertiary/aromatic N) is 1. The molecule has 0 aromatic carbocycles. The molecule has 0 unspecified atom stereocenters. The second kappa shape index (κ2) is 9.23. The van der Waals surface area contributed by atoms with Gasteiger partial charge in [-0.25, -0.2) is 0 Å². The van der Waals surface area contributed by atoms with Crippen LogP contribution in [0.1, 0.15) is 65.2 Å². The number of hydrogen-bond donors (Lipinski definition) is 2. The number of ketones is 1. The van der Waals surface area contributed by atoms with Crippen LogP contribution in [0.5, 0.6) is 0 Å². The number of likely N-dealkylation sites (tertiary alicyclic amines) is 1. The molecule has 0 radical (unpaired) electrons. The summed E-state index contributed by atoms with van der Waals surface area (Å²) in [7, 11) is 1.97. The van der Waals surface area contributed by atoms with Crippen molar-refractivity contribution in [2.24, 2.45) is 5.92 Å². The van der Waals surface area contributed by atoms with Crippen molar-refractivity contribution in [3.63, 3.8) is 0 Å². The first kappa shape index (κ1) is 20.7. The van der Waals surface area contributed by atoms with Crippen molar-refractivity contribution in [1.82, 2.24) is 15.2 Å². The smallest absolute Gasteiger partial charge is 0.270 e. The van der Waals surface area contributed by atoms with Gasteiger partial charge in [-0.2, -0.15) is 0 Å². The minimum absolute atomic E-state index is 0. The number of H-pyrrole nitrogens is 1. The zero-order valence-corrected chi connectivity index (χ0v) is 16.0. The SMILES string of the molecule is CCCc1c(C(=O)N2CCC(CNC)CC2)[nH]c(C)c1C(C)=O.Cl. The van der Waals surface area contributed by atoms with E-state index < -0.39 is 0 Å². The summed E-state index contributed by atoms with van der Waals surface area (Å²) >= 11 is 0. The number of aromatic nitrogens is 1. The first-order chi connectivity index (χ1) is 11.0. The Morgan fingerprint density at radius 1 is 1.29 bits per heavy atom. The van der Waals surface area contributed by atoms with E-state index in [1.54, 1.807) is 6.92 Å². The second-order valence-electron chi connectivity index (χ2n) is 6.58. The van der Waals surface area contributed by atoms with Crippen molar-refractivity contribution < 1.29 is 9.59 Å². The first-order valence-electron chi connectivity index (χ1n) is 8.65. The highest BCUT2D eigenvalue weighted by Crippen LogP contribution is 2.25. The lowest BCUT2D eigenvalue weighted by Crippen LogP contribution is -2.40. The molecule has 1 fully saturated rings. The number of carbonyl (C=O) groups is 2. The molecule has 0 saturated carbocycles. The zero-order chi connectivity index (χ0) is 17.0. The Labute approximate surface area is 151 Å². The summed E-state index contributed by atoms with van der Waals surface area (Å²) in [4.78, 5) is 30.0. The molecule has 0 spiro atoms. The van der Waals surface area contributed by atoms with Crippen LogP contribution in [0.15, 0.2) is 0 Å². The third-order valence-electron chi connectivity index (χ3n) is 4.75. The van der Waals surface area contributed by atoms with E-state index in [4.69, 9.17) is 0 Å². The van der Waals surface area contributed by atoms with Gasteiger partial charge in [0.15, 0.2) is 5.78 Å². The molecule has 6 heteroatoms. The molecule has 1 saturated heterocycles. The Morgan fingerprint density at radius 3 is 2.42 bits per heavy atom. The van der Waals surface area contributed by atoms with E-state index in [0.717, 1.165) is 56.6 Å². The van der Waals surface area contributed by atoms with Crippen molar-refractivity contribution in [1.29, 1.82) is 0 Å². The van der Waals surface area contributed by atoms with Gasteiger partial charge in [-0.05, 0) is 58.2 Å². The number of amides is 1. The van der Waals surface area contributed by atoms with Crippen LogP contribution in [0.3, 0.4) is 0 Å². The summed E-state index contributed by atoms with van der Waals surface area (Å²) in [5, 5.41) is 3.22. The van der Waals surface area contributed by atoms with Gasteiger partial charge < -0.3 is 15.2 Å². The molecule has 0 bridgehead atoms. The lowest BCUT2D eigenvalue weighted by Gasteiger charge is -2.32. The molecule has 5 nitrogen and oxygen atoms in total. The molecule has 1 aliphatic rings. The van der Waals surface area contributed by atoms with Crippen LogP contribution < -0.4 is 5.32 Å². The number of carbonyl (C=O) groups excluding carboxylic acids is 2. The molecule has 136 valence electrons. The number of aromatic amines is 1. The predicted octanol–water partition coefficient (Wildman–Crippen LogP) is 2.97. The number of hydrogen-bond acceptors (Lipinski definition) is 3. The fourth-order valence-electron chi connectivity index (χ4n) is 3.62. The number of aryl methyl sites for hydroxylation is 1. The highest BCUT2D eigenvalue weighted by atomic mass is 35.5. The number of Topliss-reactive ketones (excluding diaryl/α,β-unsaturated/α-hetero) is 1. The van der Waals surface area contributed by atoms with Crippen LogP contribution in [-0.2, 0) is 6.42 Å². The van der Waals surface area contributed by atoms with E-state index in [9.17, 15) is 9.59 Å². The number of piperidine rings is 1. The van der Waals surface area contributed by atoms with Crippen molar-refractivity contribution in [2.45, 2.75) is 46.5 Å². The fourth-order valence-corrected chi connectivity index (χ4v) is 3.62. The normalized spacial score (nSPS) is 15.2. The molecular formula is C18H30ClN3O2. The predicted molar refractivity (Wildman–Crippen MR) is 99.3 cm³/mol. The summed E-state index contributed by atoms with van der Waals surface area (Å²) in [6, 6.07) is 0. The molecule has 1 aromatic heterocycles. The van der Waals surface area contributed by atoms with Gasteiger partial charge in [-0.3, -0.25) is 9.59 Å². The molecule has 24 heavy (non-hydrogen) atoms. The molecular weight excluding hydrogens is 326 g/mol. The van der Waals surface area contributed by atoms with Crippen LogP contribution in [0, 0.1) is 12.8 Å². The average molecular weight is 356 g/mol. The van der Waals surface area contributed by atoms with Crippen LogP contribution in [0.4, 0.5) is 0 Å². The fraction of sp³-hybridized carbons (Fsp3) is 0.667. The van der Waals surface area contributed by atoms with Gasteiger partial charge >= 0.3 is 0 Å². The van der Waals surface area contributed by atoms with Crippen molar-refractivity contribution in [3.05, 3.63) is 22.5 Å². The number of halogens is 1. The first-order valence-corrected chi connectivity index (χ1v) is 8.65. The third kappa shape index (κ3) is 4.39. The molecule has 1 aromatic rings.